The van der Waals surface area contributed by atoms with Crippen molar-refractivity contribution in [1.82, 2.24) is 4.90 Å². The second-order valence-corrected chi connectivity index (χ2v) is 2.48. The maximum atomic E-state index is 10.6. The van der Waals surface area contributed by atoms with Gasteiger partial charge in [-0.05, 0) is 6.42 Å². The number of rotatable bonds is 0. The van der Waals surface area contributed by atoms with E-state index in [4.69, 9.17) is 15.6 Å². The average molecular weight is 214 g/mol. The molecule has 0 aliphatic carbocycles. The SMILES string of the molecule is NC(=O)N1CCC1.O=C(O)C(F)(F)F. The first-order valence-corrected chi connectivity index (χ1v) is 3.59. The van der Waals surface area contributed by atoms with E-state index in [9.17, 15) is 18.0 Å². The molecule has 0 bridgehead atoms. The number of amides is 2. The quantitative estimate of drug-likeness (QED) is 0.612. The molecular weight excluding hydrogens is 205 g/mol. The van der Waals surface area contributed by atoms with E-state index in [1.54, 1.807) is 4.90 Å². The van der Waals surface area contributed by atoms with Gasteiger partial charge in [0.25, 0.3) is 0 Å². The summed E-state index contributed by atoms with van der Waals surface area (Å²) >= 11 is 0. The number of alkyl halides is 3. The average Bonchev–Trinajstić information content (AvgIpc) is 1.79. The number of aliphatic carboxylic acids is 1. The molecule has 0 saturated carbocycles. The Bertz CT molecular complexity index is 225. The van der Waals surface area contributed by atoms with Crippen LogP contribution < -0.4 is 5.73 Å². The summed E-state index contributed by atoms with van der Waals surface area (Å²) in [6, 6.07) is -0.286. The van der Waals surface area contributed by atoms with Crippen molar-refractivity contribution in [2.45, 2.75) is 12.6 Å². The normalized spacial score (nSPS) is 14.9. The first-order chi connectivity index (χ1) is 6.25. The van der Waals surface area contributed by atoms with Gasteiger partial charge in [-0.25, -0.2) is 9.59 Å². The summed E-state index contributed by atoms with van der Waals surface area (Å²) in [4.78, 5) is 20.6. The number of hydrogen-bond donors (Lipinski definition) is 2. The number of likely N-dealkylation sites (tertiary alicyclic amines) is 1. The van der Waals surface area contributed by atoms with E-state index < -0.39 is 12.1 Å². The van der Waals surface area contributed by atoms with Crippen molar-refractivity contribution in [3.05, 3.63) is 0 Å². The van der Waals surface area contributed by atoms with E-state index in [1.165, 1.54) is 0 Å². The molecule has 1 heterocycles. The molecule has 0 spiro atoms. The number of hydrogen-bond acceptors (Lipinski definition) is 2. The van der Waals surface area contributed by atoms with Crippen molar-refractivity contribution in [2.75, 3.05) is 13.1 Å². The number of carboxylic acids is 1. The van der Waals surface area contributed by atoms with Gasteiger partial charge in [-0.3, -0.25) is 0 Å². The van der Waals surface area contributed by atoms with E-state index >= 15 is 0 Å². The van der Waals surface area contributed by atoms with Gasteiger partial charge in [0.1, 0.15) is 0 Å². The smallest absolute Gasteiger partial charge is 0.475 e. The molecule has 8 heteroatoms. The highest BCUT2D eigenvalue weighted by Crippen LogP contribution is 2.13. The van der Waals surface area contributed by atoms with Gasteiger partial charge in [0.2, 0.25) is 0 Å². The summed E-state index contributed by atoms with van der Waals surface area (Å²) in [6.07, 6.45) is -3.97. The molecule has 0 aromatic heterocycles. The Morgan fingerprint density at radius 1 is 1.29 bits per heavy atom. The molecule has 1 fully saturated rings. The number of carbonyl (C=O) groups excluding carboxylic acids is 1. The van der Waals surface area contributed by atoms with Crippen molar-refractivity contribution in [3.63, 3.8) is 0 Å². The van der Waals surface area contributed by atoms with Crippen LogP contribution in [0.1, 0.15) is 6.42 Å². The van der Waals surface area contributed by atoms with Gasteiger partial charge in [0.05, 0.1) is 0 Å². The highest BCUT2D eigenvalue weighted by atomic mass is 19.4. The molecule has 82 valence electrons. The Morgan fingerprint density at radius 3 is 1.64 bits per heavy atom. The second-order valence-electron chi connectivity index (χ2n) is 2.48. The lowest BCUT2D eigenvalue weighted by molar-refractivity contribution is -0.192. The summed E-state index contributed by atoms with van der Waals surface area (Å²) < 4.78 is 31.7. The largest absolute Gasteiger partial charge is 0.490 e. The standard InChI is InChI=1S/C4H8N2O.C2HF3O2/c5-4(7)6-2-1-3-6;3-2(4,5)1(6)7/h1-3H2,(H2,5,7);(H,6,7). The third-order valence-corrected chi connectivity index (χ3v) is 1.41. The third kappa shape index (κ3) is 4.53. The number of halogens is 3. The summed E-state index contributed by atoms with van der Waals surface area (Å²) in [5, 5.41) is 7.12. The van der Waals surface area contributed by atoms with Crippen LogP contribution in [-0.4, -0.2) is 41.3 Å². The molecule has 0 unspecified atom stereocenters. The first-order valence-electron chi connectivity index (χ1n) is 3.59. The third-order valence-electron chi connectivity index (χ3n) is 1.41. The van der Waals surface area contributed by atoms with Crippen LogP contribution in [0, 0.1) is 0 Å². The van der Waals surface area contributed by atoms with Gasteiger partial charge in [-0.2, -0.15) is 13.2 Å². The minimum absolute atomic E-state index is 0.286. The fraction of sp³-hybridized carbons (Fsp3) is 0.667. The first kappa shape index (κ1) is 12.5. The fourth-order valence-corrected chi connectivity index (χ4v) is 0.537. The fourth-order valence-electron chi connectivity index (χ4n) is 0.537. The zero-order valence-corrected chi connectivity index (χ0v) is 7.04. The molecule has 1 saturated heterocycles. The zero-order valence-electron chi connectivity index (χ0n) is 7.04. The van der Waals surface area contributed by atoms with Crippen molar-refractivity contribution < 1.29 is 27.9 Å². The van der Waals surface area contributed by atoms with E-state index in [1.807, 2.05) is 0 Å². The maximum absolute atomic E-state index is 10.6. The summed E-state index contributed by atoms with van der Waals surface area (Å²) in [7, 11) is 0. The Labute approximate surface area is 77.3 Å². The summed E-state index contributed by atoms with van der Waals surface area (Å²) in [5.41, 5.74) is 4.88. The van der Waals surface area contributed by atoms with Gasteiger partial charge in [-0.15, -0.1) is 0 Å². The Kier molecular flexibility index (Phi) is 4.19. The zero-order chi connectivity index (χ0) is 11.4. The molecule has 0 aromatic carbocycles. The van der Waals surface area contributed by atoms with E-state index in [0.29, 0.717) is 0 Å². The number of primary amides is 1. The molecule has 0 atom stereocenters. The van der Waals surface area contributed by atoms with Crippen LogP contribution in [0.4, 0.5) is 18.0 Å². The lowest BCUT2D eigenvalue weighted by atomic mass is 10.2. The van der Waals surface area contributed by atoms with Gasteiger partial charge in [0.15, 0.2) is 0 Å². The Hall–Kier alpha value is -1.47. The molecule has 2 amide bonds. The lowest BCUT2D eigenvalue weighted by Crippen LogP contribution is -2.45. The summed E-state index contributed by atoms with van der Waals surface area (Å²) in [6.45, 7) is 1.71. The van der Waals surface area contributed by atoms with Crippen LogP contribution in [0.15, 0.2) is 0 Å². The van der Waals surface area contributed by atoms with Gasteiger partial charge in [-0.1, -0.05) is 0 Å². The van der Waals surface area contributed by atoms with Crippen LogP contribution in [0.2, 0.25) is 0 Å². The Balaban J connectivity index is 0.000000241. The van der Waals surface area contributed by atoms with E-state index in [2.05, 4.69) is 0 Å². The highest BCUT2D eigenvalue weighted by Gasteiger charge is 2.38. The number of nitrogens with two attached hydrogens (primary N) is 1. The predicted octanol–water partition coefficient (Wildman–Crippen LogP) is 0.404. The molecule has 1 rings (SSSR count). The topological polar surface area (TPSA) is 83.6 Å². The Morgan fingerprint density at radius 2 is 1.64 bits per heavy atom. The monoisotopic (exact) mass is 214 g/mol. The van der Waals surface area contributed by atoms with Crippen molar-refractivity contribution in [3.8, 4) is 0 Å². The lowest BCUT2D eigenvalue weighted by Gasteiger charge is -2.28. The highest BCUT2D eigenvalue weighted by molar-refractivity contribution is 5.73. The van der Waals surface area contributed by atoms with E-state index in [0.717, 1.165) is 19.5 Å². The van der Waals surface area contributed by atoms with Gasteiger partial charge < -0.3 is 15.7 Å². The van der Waals surface area contributed by atoms with Crippen LogP contribution >= 0.6 is 0 Å². The van der Waals surface area contributed by atoms with Crippen LogP contribution in [0.3, 0.4) is 0 Å². The molecule has 14 heavy (non-hydrogen) atoms. The number of carboxylic acid groups (broad SMARTS) is 1. The van der Waals surface area contributed by atoms with Crippen molar-refractivity contribution >= 4 is 12.0 Å². The van der Waals surface area contributed by atoms with Crippen LogP contribution in [0.25, 0.3) is 0 Å². The molecule has 0 aromatic rings. The second kappa shape index (κ2) is 4.68. The van der Waals surface area contributed by atoms with Crippen molar-refractivity contribution in [2.24, 2.45) is 5.73 Å². The van der Waals surface area contributed by atoms with Crippen LogP contribution in [-0.2, 0) is 4.79 Å². The molecule has 5 nitrogen and oxygen atoms in total. The van der Waals surface area contributed by atoms with Crippen molar-refractivity contribution in [1.29, 1.82) is 0 Å². The molecule has 1 aliphatic rings. The van der Waals surface area contributed by atoms with E-state index in [-0.39, 0.29) is 6.03 Å². The summed E-state index contributed by atoms with van der Waals surface area (Å²) in [5.74, 6) is -2.76. The number of nitrogens with zero attached hydrogens (tertiary/aromatic N) is 1. The molecular formula is C6H9F3N2O3. The van der Waals surface area contributed by atoms with Gasteiger partial charge >= 0.3 is 18.2 Å². The minimum Gasteiger partial charge on any atom is -0.475 e. The number of carbonyl (C=O) groups is 2. The minimum atomic E-state index is -5.08. The van der Waals surface area contributed by atoms with Gasteiger partial charge in [0, 0.05) is 13.1 Å². The predicted molar refractivity (Wildman–Crippen MR) is 39.5 cm³/mol. The molecule has 1 aliphatic heterocycles. The van der Waals surface area contributed by atoms with Crippen LogP contribution in [0.5, 0.6) is 0 Å². The number of urea groups is 1. The molecule has 0 radical (unpaired) electrons. The maximum Gasteiger partial charge on any atom is 0.490 e. The molecule has 3 N–H and O–H groups in total.